The summed E-state index contributed by atoms with van der Waals surface area (Å²) in [6.45, 7) is 2.46. The number of nitrogens with zero attached hydrogens (tertiary/aromatic N) is 3. The SMILES string of the molecule is CCCC[C@H](CN(O)C=O)C(=O)N1CCC[C@H]1C(=O)Nc1ccc(-n2cccc2)cc1. The summed E-state index contributed by atoms with van der Waals surface area (Å²) in [5.41, 5.74) is 1.66. The summed E-state index contributed by atoms with van der Waals surface area (Å²) in [4.78, 5) is 38.5. The van der Waals surface area contributed by atoms with Gasteiger partial charge in [-0.25, -0.2) is 5.06 Å². The van der Waals surface area contributed by atoms with Crippen LogP contribution < -0.4 is 5.32 Å². The van der Waals surface area contributed by atoms with E-state index in [2.05, 4.69) is 5.32 Å². The van der Waals surface area contributed by atoms with Gasteiger partial charge >= 0.3 is 0 Å². The third-order valence-electron chi connectivity index (χ3n) is 5.66. The highest BCUT2D eigenvalue weighted by Crippen LogP contribution is 2.24. The Kier molecular flexibility index (Phi) is 7.83. The van der Waals surface area contributed by atoms with Gasteiger partial charge in [0.05, 0.1) is 12.5 Å². The number of aromatic nitrogens is 1. The molecule has 0 unspecified atom stereocenters. The molecule has 1 saturated heterocycles. The molecule has 1 aliphatic heterocycles. The fourth-order valence-electron chi connectivity index (χ4n) is 4.00. The Bertz CT molecular complexity index is 866. The van der Waals surface area contributed by atoms with Crippen LogP contribution in [0, 0.1) is 5.92 Å². The lowest BCUT2D eigenvalue weighted by Gasteiger charge is -2.29. The van der Waals surface area contributed by atoms with Crippen molar-refractivity contribution < 1.29 is 19.6 Å². The van der Waals surface area contributed by atoms with Crippen LogP contribution in [0.4, 0.5) is 5.69 Å². The van der Waals surface area contributed by atoms with E-state index in [-0.39, 0.29) is 18.4 Å². The molecule has 0 spiro atoms. The summed E-state index contributed by atoms with van der Waals surface area (Å²) in [7, 11) is 0. The van der Waals surface area contributed by atoms with E-state index >= 15 is 0 Å². The van der Waals surface area contributed by atoms with Gasteiger partial charge in [0.15, 0.2) is 0 Å². The van der Waals surface area contributed by atoms with Gasteiger partial charge in [-0.2, -0.15) is 0 Å². The Morgan fingerprint density at radius 2 is 1.97 bits per heavy atom. The number of anilines is 1. The van der Waals surface area contributed by atoms with Crippen molar-refractivity contribution in [3.63, 3.8) is 0 Å². The maximum Gasteiger partial charge on any atom is 0.247 e. The van der Waals surface area contributed by atoms with E-state index in [1.165, 1.54) is 0 Å². The average Bonchev–Trinajstić information content (AvgIpc) is 3.49. The van der Waals surface area contributed by atoms with Gasteiger partial charge in [0.2, 0.25) is 18.2 Å². The van der Waals surface area contributed by atoms with Crippen LogP contribution in [0.1, 0.15) is 39.0 Å². The van der Waals surface area contributed by atoms with Crippen molar-refractivity contribution in [2.24, 2.45) is 5.92 Å². The highest BCUT2D eigenvalue weighted by molar-refractivity contribution is 5.97. The first-order chi connectivity index (χ1) is 15.0. The molecule has 2 atom stereocenters. The summed E-state index contributed by atoms with van der Waals surface area (Å²) < 4.78 is 1.98. The number of nitrogens with one attached hydrogen (secondary N) is 1. The maximum absolute atomic E-state index is 13.1. The number of amides is 3. The topological polar surface area (TPSA) is 94.9 Å². The lowest BCUT2D eigenvalue weighted by atomic mass is 9.99. The molecule has 3 amide bonds. The molecule has 0 bridgehead atoms. The first kappa shape index (κ1) is 22.6. The third-order valence-corrected chi connectivity index (χ3v) is 5.66. The van der Waals surface area contributed by atoms with Crippen molar-refractivity contribution in [1.82, 2.24) is 14.5 Å². The minimum Gasteiger partial charge on any atom is -0.330 e. The van der Waals surface area contributed by atoms with Crippen molar-refractivity contribution in [3.8, 4) is 5.69 Å². The van der Waals surface area contributed by atoms with E-state index in [1.807, 2.05) is 60.3 Å². The lowest BCUT2D eigenvalue weighted by Crippen LogP contribution is -2.47. The number of hydrogen-bond acceptors (Lipinski definition) is 4. The Morgan fingerprint density at radius 1 is 1.26 bits per heavy atom. The van der Waals surface area contributed by atoms with Gasteiger partial charge in [0, 0.05) is 30.3 Å². The van der Waals surface area contributed by atoms with Gasteiger partial charge in [-0.15, -0.1) is 0 Å². The first-order valence-electron chi connectivity index (χ1n) is 10.8. The number of hydroxylamine groups is 2. The fraction of sp³-hybridized carbons (Fsp3) is 0.435. The standard InChI is InChI=1S/C23H30N4O4/c1-2-3-7-18(16-26(31)17-28)23(30)27-15-6-8-21(27)22(29)24-19-9-11-20(12-10-19)25-13-4-5-14-25/h4-5,9-14,17-18,21,31H,2-3,6-8,15-16H2,1H3,(H,24,29)/t18-,21+/m1/s1. The van der Waals surface area contributed by atoms with Crippen molar-refractivity contribution in [1.29, 1.82) is 0 Å². The number of carbonyl (C=O) groups is 3. The Hall–Kier alpha value is -3.13. The molecule has 1 aromatic carbocycles. The minimum absolute atomic E-state index is 0.0615. The normalized spacial score (nSPS) is 16.7. The van der Waals surface area contributed by atoms with E-state index in [0.717, 1.165) is 24.9 Å². The zero-order valence-electron chi connectivity index (χ0n) is 17.8. The van der Waals surface area contributed by atoms with E-state index in [0.29, 0.717) is 36.5 Å². The molecule has 0 aliphatic carbocycles. The van der Waals surface area contributed by atoms with E-state index in [1.54, 1.807) is 4.90 Å². The fourth-order valence-corrected chi connectivity index (χ4v) is 4.00. The first-order valence-corrected chi connectivity index (χ1v) is 10.8. The van der Waals surface area contributed by atoms with Crippen LogP contribution >= 0.6 is 0 Å². The molecule has 8 heteroatoms. The Morgan fingerprint density at radius 3 is 2.61 bits per heavy atom. The predicted octanol–water partition coefficient (Wildman–Crippen LogP) is 3.06. The molecular weight excluding hydrogens is 396 g/mol. The van der Waals surface area contributed by atoms with Crippen LogP contribution in [0.5, 0.6) is 0 Å². The van der Waals surface area contributed by atoms with Crippen molar-refractivity contribution in [2.75, 3.05) is 18.4 Å². The van der Waals surface area contributed by atoms with Gasteiger partial charge in [-0.3, -0.25) is 19.6 Å². The van der Waals surface area contributed by atoms with Gasteiger partial charge in [-0.1, -0.05) is 19.8 Å². The van der Waals surface area contributed by atoms with Gasteiger partial charge < -0.3 is 14.8 Å². The van der Waals surface area contributed by atoms with Crippen LogP contribution in [-0.4, -0.2) is 57.1 Å². The zero-order chi connectivity index (χ0) is 22.2. The van der Waals surface area contributed by atoms with Crippen LogP contribution in [0.15, 0.2) is 48.8 Å². The average molecular weight is 427 g/mol. The van der Waals surface area contributed by atoms with E-state index in [9.17, 15) is 19.6 Å². The summed E-state index contributed by atoms with van der Waals surface area (Å²) >= 11 is 0. The van der Waals surface area contributed by atoms with Crippen LogP contribution in [0.2, 0.25) is 0 Å². The minimum atomic E-state index is -0.552. The highest BCUT2D eigenvalue weighted by atomic mass is 16.5. The molecule has 166 valence electrons. The molecular formula is C23H30N4O4. The molecule has 1 aliphatic rings. The van der Waals surface area contributed by atoms with Gasteiger partial charge in [-0.05, 0) is 55.7 Å². The second-order valence-electron chi connectivity index (χ2n) is 7.88. The quantitative estimate of drug-likeness (QED) is 0.347. The second kappa shape index (κ2) is 10.8. The molecule has 3 rings (SSSR count). The Balaban J connectivity index is 1.65. The number of rotatable bonds is 10. The Labute approximate surface area is 182 Å². The maximum atomic E-state index is 13.1. The molecule has 31 heavy (non-hydrogen) atoms. The van der Waals surface area contributed by atoms with Crippen molar-refractivity contribution >= 4 is 23.9 Å². The van der Waals surface area contributed by atoms with Gasteiger partial charge in [0.1, 0.15) is 6.04 Å². The molecule has 1 fully saturated rings. The molecule has 0 saturated carbocycles. The molecule has 1 aromatic heterocycles. The number of hydrogen-bond donors (Lipinski definition) is 2. The van der Waals surface area contributed by atoms with Crippen LogP contribution in [-0.2, 0) is 14.4 Å². The number of likely N-dealkylation sites (tertiary alicyclic amines) is 1. The largest absolute Gasteiger partial charge is 0.330 e. The van der Waals surface area contributed by atoms with Crippen molar-refractivity contribution in [2.45, 2.75) is 45.1 Å². The predicted molar refractivity (Wildman–Crippen MR) is 117 cm³/mol. The molecule has 2 N–H and O–H groups in total. The molecule has 0 radical (unpaired) electrons. The summed E-state index contributed by atoms with van der Waals surface area (Å²) in [6, 6.07) is 10.9. The van der Waals surface area contributed by atoms with E-state index < -0.39 is 12.0 Å². The number of benzene rings is 1. The summed E-state index contributed by atoms with van der Waals surface area (Å²) in [5, 5.41) is 13.0. The van der Waals surface area contributed by atoms with Crippen molar-refractivity contribution in [3.05, 3.63) is 48.8 Å². The zero-order valence-corrected chi connectivity index (χ0v) is 17.8. The van der Waals surface area contributed by atoms with E-state index in [4.69, 9.17) is 0 Å². The van der Waals surface area contributed by atoms with Crippen LogP contribution in [0.25, 0.3) is 5.69 Å². The third kappa shape index (κ3) is 5.73. The molecule has 2 heterocycles. The monoisotopic (exact) mass is 426 g/mol. The van der Waals surface area contributed by atoms with Gasteiger partial charge in [0.25, 0.3) is 0 Å². The molecule has 2 aromatic rings. The highest BCUT2D eigenvalue weighted by Gasteiger charge is 2.37. The number of unbranched alkanes of at least 4 members (excludes halogenated alkanes) is 1. The summed E-state index contributed by atoms with van der Waals surface area (Å²) in [5.74, 6) is -0.926. The molecule has 8 nitrogen and oxygen atoms in total. The summed E-state index contributed by atoms with van der Waals surface area (Å²) in [6.07, 6.45) is 7.80. The number of carbonyl (C=O) groups excluding carboxylic acids is 3. The second-order valence-corrected chi connectivity index (χ2v) is 7.88. The smallest absolute Gasteiger partial charge is 0.247 e. The lowest BCUT2D eigenvalue weighted by molar-refractivity contribution is -0.157. The van der Waals surface area contributed by atoms with Crippen LogP contribution in [0.3, 0.4) is 0 Å².